The van der Waals surface area contributed by atoms with Gasteiger partial charge in [0.2, 0.25) is 0 Å². The third-order valence-electron chi connectivity index (χ3n) is 4.99. The van der Waals surface area contributed by atoms with E-state index >= 15 is 0 Å². The molecule has 2 amide bonds. The number of fused-ring (bicyclic) bond motifs is 1. The first-order valence-corrected chi connectivity index (χ1v) is 10.3. The zero-order valence-corrected chi connectivity index (χ0v) is 18.6. The van der Waals surface area contributed by atoms with Gasteiger partial charge in [0, 0.05) is 25.1 Å². The van der Waals surface area contributed by atoms with E-state index in [9.17, 15) is 18.8 Å². The predicted molar refractivity (Wildman–Crippen MR) is 115 cm³/mol. The summed E-state index contributed by atoms with van der Waals surface area (Å²) in [6.07, 6.45) is -0.490. The maximum absolute atomic E-state index is 13.1. The maximum Gasteiger partial charge on any atom is 0.408 e. The largest absolute Gasteiger partial charge is 0.467 e. The summed E-state index contributed by atoms with van der Waals surface area (Å²) in [7, 11) is 1.26. The zero-order chi connectivity index (χ0) is 23.5. The Labute approximate surface area is 186 Å². The molecule has 0 aromatic heterocycles. The van der Waals surface area contributed by atoms with E-state index in [-0.39, 0.29) is 12.3 Å². The summed E-state index contributed by atoms with van der Waals surface area (Å²) < 4.78 is 23.2. The molecule has 0 saturated heterocycles. The van der Waals surface area contributed by atoms with Crippen LogP contribution in [-0.4, -0.2) is 41.6 Å². The van der Waals surface area contributed by atoms with E-state index in [0.29, 0.717) is 18.7 Å². The number of benzene rings is 2. The topological polar surface area (TPSA) is 84.9 Å². The van der Waals surface area contributed by atoms with E-state index in [1.807, 2.05) is 18.2 Å². The summed E-state index contributed by atoms with van der Waals surface area (Å²) in [5.41, 5.74) is 2.49. The maximum atomic E-state index is 13.1. The van der Waals surface area contributed by atoms with Gasteiger partial charge in [-0.25, -0.2) is 14.0 Å². The molecule has 0 saturated carbocycles. The number of rotatable bonds is 5. The summed E-state index contributed by atoms with van der Waals surface area (Å²) in [5, 5.41) is 2.56. The van der Waals surface area contributed by atoms with Crippen molar-refractivity contribution in [3.63, 3.8) is 0 Å². The lowest BCUT2D eigenvalue weighted by Gasteiger charge is -2.22. The zero-order valence-electron chi connectivity index (χ0n) is 18.6. The fourth-order valence-electron chi connectivity index (χ4n) is 3.51. The van der Waals surface area contributed by atoms with Gasteiger partial charge in [0.25, 0.3) is 5.91 Å². The Morgan fingerprint density at radius 2 is 1.72 bits per heavy atom. The number of esters is 1. The van der Waals surface area contributed by atoms with Crippen molar-refractivity contribution in [2.45, 2.75) is 51.9 Å². The molecule has 0 radical (unpaired) electrons. The fourth-order valence-corrected chi connectivity index (χ4v) is 3.51. The van der Waals surface area contributed by atoms with Gasteiger partial charge in [-0.1, -0.05) is 18.2 Å². The standard InChI is InChI=1S/C24H27FN2O5/c1-24(2,3)32-23(30)26-20(22(29)31-4)12-15-5-6-17-13-27(14-18(17)11-15)21(28)16-7-9-19(25)10-8-16/h5-11,20H,12-14H2,1-4H3,(H,26,30)/t20-/m0/s1. The first-order chi connectivity index (χ1) is 15.1. The summed E-state index contributed by atoms with van der Waals surface area (Å²) in [5.74, 6) is -1.15. The second-order valence-corrected chi connectivity index (χ2v) is 8.70. The number of ether oxygens (including phenoxy) is 2. The lowest BCUT2D eigenvalue weighted by molar-refractivity contribution is -0.143. The molecule has 7 nitrogen and oxygen atoms in total. The Morgan fingerprint density at radius 3 is 2.34 bits per heavy atom. The third-order valence-corrected chi connectivity index (χ3v) is 4.99. The SMILES string of the molecule is COC(=O)[C@H](Cc1ccc2c(c1)CN(C(=O)c1ccc(F)cc1)C2)NC(=O)OC(C)(C)C. The van der Waals surface area contributed by atoms with E-state index < -0.39 is 29.5 Å². The highest BCUT2D eigenvalue weighted by molar-refractivity contribution is 5.94. The van der Waals surface area contributed by atoms with E-state index in [2.05, 4.69) is 5.32 Å². The Balaban J connectivity index is 1.70. The number of halogens is 1. The van der Waals surface area contributed by atoms with Crippen LogP contribution < -0.4 is 5.32 Å². The van der Waals surface area contributed by atoms with E-state index in [1.54, 1.807) is 25.7 Å². The molecule has 1 aliphatic rings. The number of amides is 2. The average molecular weight is 442 g/mol. The molecule has 3 rings (SSSR count). The number of hydrogen-bond donors (Lipinski definition) is 1. The van der Waals surface area contributed by atoms with Gasteiger partial charge in [0.1, 0.15) is 17.5 Å². The van der Waals surface area contributed by atoms with Crippen molar-refractivity contribution in [1.82, 2.24) is 10.2 Å². The lowest BCUT2D eigenvalue weighted by Crippen LogP contribution is -2.45. The Hall–Kier alpha value is -3.42. The van der Waals surface area contributed by atoms with Crippen LogP contribution >= 0.6 is 0 Å². The third kappa shape index (κ3) is 5.84. The van der Waals surface area contributed by atoms with Crippen molar-refractivity contribution in [1.29, 1.82) is 0 Å². The smallest absolute Gasteiger partial charge is 0.408 e. The number of methoxy groups -OCH3 is 1. The molecular weight excluding hydrogens is 415 g/mol. The first-order valence-electron chi connectivity index (χ1n) is 10.3. The Morgan fingerprint density at radius 1 is 1.06 bits per heavy atom. The predicted octanol–water partition coefficient (Wildman–Crippen LogP) is 3.59. The Bertz CT molecular complexity index is 1010. The minimum absolute atomic E-state index is 0.179. The quantitative estimate of drug-likeness (QED) is 0.716. The molecule has 2 aromatic rings. The summed E-state index contributed by atoms with van der Waals surface area (Å²) in [6.45, 7) is 6.06. The van der Waals surface area contributed by atoms with Crippen molar-refractivity contribution in [2.75, 3.05) is 7.11 Å². The van der Waals surface area contributed by atoms with E-state index in [1.165, 1.54) is 31.4 Å². The number of nitrogens with one attached hydrogen (secondary N) is 1. The summed E-state index contributed by atoms with van der Waals surface area (Å²) in [4.78, 5) is 38.7. The van der Waals surface area contributed by atoms with Gasteiger partial charge in [0.05, 0.1) is 7.11 Å². The molecule has 1 N–H and O–H groups in total. The molecule has 1 atom stereocenters. The highest BCUT2D eigenvalue weighted by Gasteiger charge is 2.28. The molecule has 170 valence electrons. The molecule has 0 spiro atoms. The van der Waals surface area contributed by atoms with Gasteiger partial charge in [-0.15, -0.1) is 0 Å². The van der Waals surface area contributed by atoms with Gasteiger partial charge in [-0.05, 0) is 61.7 Å². The molecule has 0 fully saturated rings. The van der Waals surface area contributed by atoms with Crippen LogP contribution in [0.15, 0.2) is 42.5 Å². The molecule has 2 aromatic carbocycles. The monoisotopic (exact) mass is 442 g/mol. The highest BCUT2D eigenvalue weighted by atomic mass is 19.1. The number of carbonyl (C=O) groups is 3. The van der Waals surface area contributed by atoms with Crippen LogP contribution in [0, 0.1) is 5.82 Å². The second-order valence-electron chi connectivity index (χ2n) is 8.70. The molecule has 0 aliphatic carbocycles. The first kappa shape index (κ1) is 23.2. The molecule has 8 heteroatoms. The molecule has 32 heavy (non-hydrogen) atoms. The summed E-state index contributed by atoms with van der Waals surface area (Å²) in [6, 6.07) is 10.2. The van der Waals surface area contributed by atoms with Crippen molar-refractivity contribution >= 4 is 18.0 Å². The lowest BCUT2D eigenvalue weighted by atomic mass is 10.0. The second kappa shape index (κ2) is 9.38. The van der Waals surface area contributed by atoms with Crippen LogP contribution in [0.1, 0.15) is 47.8 Å². The van der Waals surface area contributed by atoms with Gasteiger partial charge in [-0.2, -0.15) is 0 Å². The minimum atomic E-state index is -0.911. The number of carbonyl (C=O) groups excluding carboxylic acids is 3. The fraction of sp³-hybridized carbons (Fsp3) is 0.375. The van der Waals surface area contributed by atoms with Gasteiger partial charge >= 0.3 is 12.1 Å². The van der Waals surface area contributed by atoms with Crippen LogP contribution in [0.3, 0.4) is 0 Å². The van der Waals surface area contributed by atoms with Crippen LogP contribution in [0.5, 0.6) is 0 Å². The van der Waals surface area contributed by atoms with Gasteiger partial charge < -0.3 is 19.7 Å². The van der Waals surface area contributed by atoms with E-state index in [4.69, 9.17) is 9.47 Å². The number of hydrogen-bond acceptors (Lipinski definition) is 5. The van der Waals surface area contributed by atoms with Crippen molar-refractivity contribution in [3.8, 4) is 0 Å². The molecule has 0 unspecified atom stereocenters. The Kier molecular flexibility index (Phi) is 6.81. The highest BCUT2D eigenvalue weighted by Crippen LogP contribution is 2.26. The van der Waals surface area contributed by atoms with Gasteiger partial charge in [-0.3, -0.25) is 4.79 Å². The molecule has 1 aliphatic heterocycles. The molecule has 0 bridgehead atoms. The number of nitrogens with zero attached hydrogens (tertiary/aromatic N) is 1. The van der Waals surface area contributed by atoms with Crippen LogP contribution in [0.2, 0.25) is 0 Å². The van der Waals surface area contributed by atoms with Crippen LogP contribution in [-0.2, 0) is 33.8 Å². The summed E-state index contributed by atoms with van der Waals surface area (Å²) >= 11 is 0. The van der Waals surface area contributed by atoms with Crippen molar-refractivity contribution in [3.05, 3.63) is 70.5 Å². The normalized spacial score (nSPS) is 13.8. The van der Waals surface area contributed by atoms with E-state index in [0.717, 1.165) is 16.7 Å². The molecular formula is C24H27FN2O5. The molecule has 1 heterocycles. The number of alkyl carbamates (subject to hydrolysis) is 1. The van der Waals surface area contributed by atoms with Gasteiger partial charge in [0.15, 0.2) is 0 Å². The van der Waals surface area contributed by atoms with Crippen LogP contribution in [0.4, 0.5) is 9.18 Å². The minimum Gasteiger partial charge on any atom is -0.467 e. The average Bonchev–Trinajstić information content (AvgIpc) is 3.14. The van der Waals surface area contributed by atoms with Crippen molar-refractivity contribution < 1.29 is 28.2 Å². The van der Waals surface area contributed by atoms with Crippen molar-refractivity contribution in [2.24, 2.45) is 0 Å². The van der Waals surface area contributed by atoms with Crippen LogP contribution in [0.25, 0.3) is 0 Å².